The number of hydrogen-bond acceptors (Lipinski definition) is 10. The zero-order valence-corrected chi connectivity index (χ0v) is 16.2. The number of nitrogens with one attached hydrogen (secondary N) is 1. The summed E-state index contributed by atoms with van der Waals surface area (Å²) in [6.07, 6.45) is 0. The average Bonchev–Trinajstić information content (AvgIpc) is 2.65. The van der Waals surface area contributed by atoms with Crippen LogP contribution in [-0.4, -0.2) is 81.3 Å². The van der Waals surface area contributed by atoms with Crippen LogP contribution in [0.2, 0.25) is 0 Å². The Hall–Kier alpha value is -2.88. The van der Waals surface area contributed by atoms with Gasteiger partial charge in [0, 0.05) is 0 Å². The Kier molecular flexibility index (Phi) is 8.64. The van der Waals surface area contributed by atoms with E-state index in [0.717, 1.165) is 12.1 Å². The van der Waals surface area contributed by atoms with E-state index in [1.54, 1.807) is 16.9 Å². The van der Waals surface area contributed by atoms with Gasteiger partial charge in [-0.3, -0.25) is 0 Å². The molecule has 0 saturated carbocycles. The van der Waals surface area contributed by atoms with Crippen LogP contribution in [-0.2, 0) is 23.9 Å². The molecule has 1 aromatic carbocycles. The van der Waals surface area contributed by atoms with Gasteiger partial charge in [-0.2, -0.15) is 0 Å². The van der Waals surface area contributed by atoms with Gasteiger partial charge in [-0.1, -0.05) is 0 Å². The molecule has 0 aliphatic heterocycles. The van der Waals surface area contributed by atoms with E-state index < -0.39 is 60.6 Å². The molecule has 1 amide bonds. The molecule has 0 heterocycles. The number of esters is 3. The number of carbonyl (C=O) groups excluding carboxylic acids is 4. The molecule has 1 aromatic rings. The summed E-state index contributed by atoms with van der Waals surface area (Å²) in [5.41, 5.74) is 4.88. The first-order valence-corrected chi connectivity index (χ1v) is 8.51. The van der Waals surface area contributed by atoms with Crippen molar-refractivity contribution in [1.29, 1.82) is 0 Å². The average molecular weight is 456 g/mol. The molecule has 2 atom stereocenters. The maximum atomic E-state index is 12.3. The number of aliphatic hydroxyl groups excluding tert-OH is 1. The molecular formula is C16H17AsN2O9. The van der Waals surface area contributed by atoms with Gasteiger partial charge in [0.2, 0.25) is 0 Å². The van der Waals surface area contributed by atoms with Crippen molar-refractivity contribution in [3.8, 4) is 11.5 Å². The number of phenolic OH excluding ortho intramolecular Hbond substituents is 2. The van der Waals surface area contributed by atoms with Gasteiger partial charge in [0.25, 0.3) is 0 Å². The Labute approximate surface area is 167 Å². The zero-order valence-electron chi connectivity index (χ0n) is 14.3. The van der Waals surface area contributed by atoms with Gasteiger partial charge in [-0.15, -0.1) is 0 Å². The molecule has 0 aliphatic carbocycles. The summed E-state index contributed by atoms with van der Waals surface area (Å²) in [4.78, 5) is 47.5. The molecular weight excluding hydrogens is 439 g/mol. The number of aliphatic hydroxyl groups is 1. The molecule has 0 saturated heterocycles. The topological polar surface area (TPSA) is 185 Å². The summed E-state index contributed by atoms with van der Waals surface area (Å²) in [6.45, 7) is 1.77. The molecule has 0 fully saturated rings. The van der Waals surface area contributed by atoms with Crippen molar-refractivity contribution in [2.24, 2.45) is 5.73 Å². The third-order valence-electron chi connectivity index (χ3n) is 3.17. The first kappa shape index (κ1) is 23.2. The van der Waals surface area contributed by atoms with E-state index in [-0.39, 0.29) is 9.92 Å². The molecule has 11 nitrogen and oxygen atoms in total. The molecule has 2 radical (unpaired) electrons. The normalized spacial score (nSPS) is 12.4. The van der Waals surface area contributed by atoms with E-state index in [1.807, 2.05) is 0 Å². The molecule has 0 spiro atoms. The number of amides is 1. The van der Waals surface area contributed by atoms with E-state index >= 15 is 0 Å². The minimum atomic E-state index is -1.67. The Bertz CT molecular complexity index is 796. The number of nitrogens with two attached hydrogens (primary N) is 1. The fourth-order valence-corrected chi connectivity index (χ4v) is 1.78. The van der Waals surface area contributed by atoms with Crippen LogP contribution in [0.15, 0.2) is 29.1 Å². The standard InChI is InChI=1S/C16H17AsN2O9/c1-7(17)14(24)28-16(26)10(6-27-15(25)9(18)5-20)19-13(23)8-3-2-4-11(21)12(8)22/h2-4,9-10,20-22H,1,5-6,18H2,(H,19,23)/t9-,10-/m0/s1. The van der Waals surface area contributed by atoms with Crippen LogP contribution in [0.1, 0.15) is 10.4 Å². The Morgan fingerprint density at radius 1 is 1.21 bits per heavy atom. The van der Waals surface area contributed by atoms with Gasteiger partial charge in [-0.25, -0.2) is 0 Å². The van der Waals surface area contributed by atoms with Gasteiger partial charge in [0.15, 0.2) is 0 Å². The van der Waals surface area contributed by atoms with E-state index in [2.05, 4.69) is 16.6 Å². The Balaban J connectivity index is 2.98. The summed E-state index contributed by atoms with van der Waals surface area (Å²) in [7, 11) is 0. The van der Waals surface area contributed by atoms with Crippen LogP contribution in [0.25, 0.3) is 0 Å². The monoisotopic (exact) mass is 456 g/mol. The second-order valence-electron chi connectivity index (χ2n) is 5.27. The number of aromatic hydroxyl groups is 2. The molecule has 0 unspecified atom stereocenters. The predicted molar refractivity (Wildman–Crippen MR) is 93.0 cm³/mol. The first-order chi connectivity index (χ1) is 13.1. The number of hydrogen-bond donors (Lipinski definition) is 5. The van der Waals surface area contributed by atoms with E-state index in [0.29, 0.717) is 0 Å². The fourth-order valence-electron chi connectivity index (χ4n) is 1.69. The number of benzene rings is 1. The SMILES string of the molecule is C=C([As])C(=O)OC(=O)[C@H](COC(=O)[C@@H](N)CO)NC(=O)c1cccc(O)c1O. The number of rotatable bonds is 8. The van der Waals surface area contributed by atoms with Gasteiger partial charge < -0.3 is 0 Å². The third-order valence-corrected chi connectivity index (χ3v) is 3.55. The summed E-state index contributed by atoms with van der Waals surface area (Å²) in [6, 6.07) is 0.494. The summed E-state index contributed by atoms with van der Waals surface area (Å²) in [5.74, 6) is -5.81. The van der Waals surface area contributed by atoms with Crippen molar-refractivity contribution in [2.75, 3.05) is 13.2 Å². The quantitative estimate of drug-likeness (QED) is 0.0946. The van der Waals surface area contributed by atoms with Crippen LogP contribution in [0, 0.1) is 0 Å². The van der Waals surface area contributed by atoms with Crippen molar-refractivity contribution >= 4 is 40.7 Å². The molecule has 12 heteroatoms. The van der Waals surface area contributed by atoms with Gasteiger partial charge in [0.05, 0.1) is 0 Å². The number of phenols is 2. The van der Waals surface area contributed by atoms with Crippen LogP contribution < -0.4 is 11.1 Å². The van der Waals surface area contributed by atoms with Crippen molar-refractivity contribution in [3.05, 3.63) is 34.7 Å². The van der Waals surface area contributed by atoms with Crippen LogP contribution in [0.5, 0.6) is 11.5 Å². The molecule has 28 heavy (non-hydrogen) atoms. The Morgan fingerprint density at radius 3 is 2.43 bits per heavy atom. The van der Waals surface area contributed by atoms with Gasteiger partial charge >= 0.3 is 167 Å². The van der Waals surface area contributed by atoms with E-state index in [9.17, 15) is 29.4 Å². The second kappa shape index (κ2) is 10.5. The van der Waals surface area contributed by atoms with Crippen molar-refractivity contribution in [1.82, 2.24) is 5.32 Å². The molecule has 1 rings (SSSR count). The van der Waals surface area contributed by atoms with Crippen molar-refractivity contribution in [2.45, 2.75) is 12.1 Å². The van der Waals surface area contributed by atoms with Crippen LogP contribution in [0.4, 0.5) is 0 Å². The Morgan fingerprint density at radius 2 is 1.86 bits per heavy atom. The molecule has 0 aliphatic rings. The van der Waals surface area contributed by atoms with E-state index in [4.69, 9.17) is 15.6 Å². The maximum absolute atomic E-state index is 12.3. The van der Waals surface area contributed by atoms with Crippen LogP contribution in [0.3, 0.4) is 0 Å². The predicted octanol–water partition coefficient (Wildman–Crippen LogP) is -2.19. The summed E-state index contributed by atoms with van der Waals surface area (Å²) < 4.78 is 9.06. The molecule has 0 bridgehead atoms. The molecule has 0 aromatic heterocycles. The molecule has 6 N–H and O–H groups in total. The van der Waals surface area contributed by atoms with Gasteiger partial charge in [-0.05, 0) is 0 Å². The first-order valence-electron chi connectivity index (χ1n) is 7.57. The molecule has 150 valence electrons. The van der Waals surface area contributed by atoms with Gasteiger partial charge in [0.1, 0.15) is 0 Å². The van der Waals surface area contributed by atoms with E-state index in [1.165, 1.54) is 6.07 Å². The van der Waals surface area contributed by atoms with Crippen molar-refractivity contribution < 1.29 is 44.0 Å². The third kappa shape index (κ3) is 6.38. The summed E-state index contributed by atoms with van der Waals surface area (Å²) in [5, 5.41) is 30.1. The number of para-hydroxylation sites is 1. The van der Waals surface area contributed by atoms with Crippen molar-refractivity contribution in [3.63, 3.8) is 0 Å². The second-order valence-corrected chi connectivity index (χ2v) is 6.41. The minimum absolute atomic E-state index is 0.157. The zero-order chi connectivity index (χ0) is 21.4. The van der Waals surface area contributed by atoms with Crippen LogP contribution >= 0.6 is 0 Å². The number of carbonyl (C=O) groups is 4. The summed E-state index contributed by atoms with van der Waals surface area (Å²) >= 11 is 1.76. The number of ether oxygens (including phenoxy) is 2. The fraction of sp³-hybridized carbons (Fsp3) is 0.250.